The van der Waals surface area contributed by atoms with E-state index in [1.54, 1.807) is 13.2 Å². The number of methoxy groups -OCH3 is 1. The summed E-state index contributed by atoms with van der Waals surface area (Å²) in [6.07, 6.45) is -0.580. The number of hydrogen-bond donors (Lipinski definition) is 1. The minimum absolute atomic E-state index is 0.0281. The number of ether oxygens (including phenoxy) is 2. The van der Waals surface area contributed by atoms with Crippen molar-refractivity contribution in [2.75, 3.05) is 33.3 Å². The molecule has 1 aromatic carbocycles. The van der Waals surface area contributed by atoms with Gasteiger partial charge in [0.15, 0.2) is 0 Å². The van der Waals surface area contributed by atoms with E-state index in [2.05, 4.69) is 21.9 Å². The summed E-state index contributed by atoms with van der Waals surface area (Å²) in [7, 11) is 1.55. The van der Waals surface area contributed by atoms with Crippen LogP contribution in [0.2, 0.25) is 0 Å². The number of hydrogen-bond acceptors (Lipinski definition) is 4. The van der Waals surface area contributed by atoms with Gasteiger partial charge in [-0.25, -0.2) is 0 Å². The van der Waals surface area contributed by atoms with Gasteiger partial charge in [0.2, 0.25) is 0 Å². The van der Waals surface area contributed by atoms with E-state index in [4.69, 9.17) is 4.74 Å². The molecule has 1 aliphatic heterocycles. The SMILES string of the molecule is CCCCC[C@@H](c1cc(OC(F)(F)F)ccc1OC)N1CCNCC1. The lowest BCUT2D eigenvalue weighted by Gasteiger charge is -2.36. The molecule has 0 radical (unpaired) electrons. The largest absolute Gasteiger partial charge is 0.573 e. The standard InChI is InChI=1S/C18H27F3N2O2/c1-3-4-5-6-16(23-11-9-22-10-12-23)15-13-14(25-18(19,20)21)7-8-17(15)24-2/h7-8,13,16,22H,3-6,9-12H2,1-2H3/t16-/m0/s1. The predicted octanol–water partition coefficient (Wildman–Crippen LogP) is 4.12. The van der Waals surface area contributed by atoms with Gasteiger partial charge >= 0.3 is 6.36 Å². The van der Waals surface area contributed by atoms with Crippen LogP contribution in [-0.2, 0) is 0 Å². The average Bonchev–Trinajstić information content (AvgIpc) is 2.58. The van der Waals surface area contributed by atoms with E-state index in [-0.39, 0.29) is 11.8 Å². The average molecular weight is 360 g/mol. The molecule has 0 unspecified atom stereocenters. The Labute approximate surface area is 147 Å². The van der Waals surface area contributed by atoms with Crippen molar-refractivity contribution in [2.24, 2.45) is 0 Å². The second-order valence-corrected chi connectivity index (χ2v) is 6.25. The molecule has 1 saturated heterocycles. The molecule has 4 nitrogen and oxygen atoms in total. The van der Waals surface area contributed by atoms with Gasteiger partial charge in [-0.15, -0.1) is 13.2 Å². The van der Waals surface area contributed by atoms with Crippen molar-refractivity contribution in [2.45, 2.75) is 45.0 Å². The van der Waals surface area contributed by atoms with Gasteiger partial charge in [-0.2, -0.15) is 0 Å². The highest BCUT2D eigenvalue weighted by molar-refractivity contribution is 5.42. The molecule has 0 aromatic heterocycles. The van der Waals surface area contributed by atoms with Crippen molar-refractivity contribution in [3.8, 4) is 11.5 Å². The lowest BCUT2D eigenvalue weighted by atomic mass is 9.97. The molecule has 1 heterocycles. The summed E-state index contributed by atoms with van der Waals surface area (Å²) in [5.74, 6) is 0.411. The molecule has 0 saturated carbocycles. The number of nitrogens with one attached hydrogen (secondary N) is 1. The molecule has 1 N–H and O–H groups in total. The summed E-state index contributed by atoms with van der Waals surface area (Å²) >= 11 is 0. The first-order valence-electron chi connectivity index (χ1n) is 8.83. The van der Waals surface area contributed by atoms with Crippen molar-refractivity contribution >= 4 is 0 Å². The van der Waals surface area contributed by atoms with E-state index < -0.39 is 6.36 Å². The number of alkyl halides is 3. The topological polar surface area (TPSA) is 33.7 Å². The van der Waals surface area contributed by atoms with Gasteiger partial charge in [0.25, 0.3) is 0 Å². The smallest absolute Gasteiger partial charge is 0.496 e. The van der Waals surface area contributed by atoms with Crippen LogP contribution in [0.1, 0.15) is 44.2 Å². The van der Waals surface area contributed by atoms with Gasteiger partial charge in [-0.1, -0.05) is 26.2 Å². The van der Waals surface area contributed by atoms with Crippen molar-refractivity contribution in [3.05, 3.63) is 23.8 Å². The number of unbranched alkanes of at least 4 members (excludes halogenated alkanes) is 2. The van der Waals surface area contributed by atoms with Crippen LogP contribution in [0.15, 0.2) is 18.2 Å². The summed E-state index contributed by atoms with van der Waals surface area (Å²) in [5, 5.41) is 3.31. The van der Waals surface area contributed by atoms with E-state index >= 15 is 0 Å². The molecule has 2 rings (SSSR count). The maximum atomic E-state index is 12.6. The van der Waals surface area contributed by atoms with Crippen molar-refractivity contribution in [3.63, 3.8) is 0 Å². The van der Waals surface area contributed by atoms with E-state index in [0.29, 0.717) is 5.75 Å². The third-order valence-corrected chi connectivity index (χ3v) is 4.47. The fraction of sp³-hybridized carbons (Fsp3) is 0.667. The maximum Gasteiger partial charge on any atom is 0.573 e. The van der Waals surface area contributed by atoms with Crippen LogP contribution in [0.4, 0.5) is 13.2 Å². The molecule has 0 spiro atoms. The minimum atomic E-state index is -4.70. The molecule has 1 fully saturated rings. The van der Waals surface area contributed by atoms with Crippen molar-refractivity contribution in [1.82, 2.24) is 10.2 Å². The van der Waals surface area contributed by atoms with E-state index in [0.717, 1.165) is 57.4 Å². The quantitative estimate of drug-likeness (QED) is 0.707. The Morgan fingerprint density at radius 1 is 1.20 bits per heavy atom. The van der Waals surface area contributed by atoms with E-state index in [9.17, 15) is 13.2 Å². The highest BCUT2D eigenvalue weighted by atomic mass is 19.4. The van der Waals surface area contributed by atoms with E-state index in [1.807, 2.05) is 0 Å². The Bertz CT molecular complexity index is 532. The lowest BCUT2D eigenvalue weighted by Crippen LogP contribution is -2.45. The van der Waals surface area contributed by atoms with Gasteiger partial charge in [0.05, 0.1) is 7.11 Å². The summed E-state index contributed by atoms with van der Waals surface area (Å²) in [4.78, 5) is 2.32. The molecular weight excluding hydrogens is 333 g/mol. The Kier molecular flexibility index (Phi) is 7.38. The zero-order valence-electron chi connectivity index (χ0n) is 14.9. The molecule has 142 valence electrons. The van der Waals surface area contributed by atoms with Crippen LogP contribution < -0.4 is 14.8 Å². The van der Waals surface area contributed by atoms with Crippen molar-refractivity contribution < 1.29 is 22.6 Å². The molecule has 0 bridgehead atoms. The zero-order valence-corrected chi connectivity index (χ0v) is 14.9. The fourth-order valence-electron chi connectivity index (χ4n) is 3.29. The Morgan fingerprint density at radius 2 is 1.92 bits per heavy atom. The summed E-state index contributed by atoms with van der Waals surface area (Å²) < 4.78 is 47.3. The zero-order chi connectivity index (χ0) is 18.3. The molecule has 1 aliphatic rings. The van der Waals surface area contributed by atoms with Gasteiger partial charge in [-0.05, 0) is 24.6 Å². The summed E-state index contributed by atoms with van der Waals surface area (Å²) in [6.45, 7) is 5.63. The number of benzene rings is 1. The highest BCUT2D eigenvalue weighted by Crippen LogP contribution is 2.37. The summed E-state index contributed by atoms with van der Waals surface area (Å²) in [6, 6.07) is 4.37. The second-order valence-electron chi connectivity index (χ2n) is 6.25. The number of nitrogens with zero attached hydrogens (tertiary/aromatic N) is 1. The van der Waals surface area contributed by atoms with Gasteiger partial charge in [0, 0.05) is 37.8 Å². The predicted molar refractivity (Wildman–Crippen MR) is 91.0 cm³/mol. The summed E-state index contributed by atoms with van der Waals surface area (Å²) in [5.41, 5.74) is 0.766. The molecule has 7 heteroatoms. The first-order valence-corrected chi connectivity index (χ1v) is 8.83. The van der Waals surface area contributed by atoms with Gasteiger partial charge < -0.3 is 14.8 Å². The number of rotatable bonds is 8. The Balaban J connectivity index is 2.29. The van der Waals surface area contributed by atoms with Crippen LogP contribution in [0, 0.1) is 0 Å². The molecule has 25 heavy (non-hydrogen) atoms. The fourth-order valence-corrected chi connectivity index (χ4v) is 3.29. The molecular formula is C18H27F3N2O2. The van der Waals surface area contributed by atoms with Crippen LogP contribution in [-0.4, -0.2) is 44.6 Å². The molecule has 1 atom stereocenters. The van der Waals surface area contributed by atoms with Gasteiger partial charge in [-0.3, -0.25) is 4.90 Å². The minimum Gasteiger partial charge on any atom is -0.496 e. The van der Waals surface area contributed by atoms with E-state index in [1.165, 1.54) is 12.1 Å². The molecule has 0 aliphatic carbocycles. The lowest BCUT2D eigenvalue weighted by molar-refractivity contribution is -0.274. The monoisotopic (exact) mass is 360 g/mol. The Morgan fingerprint density at radius 3 is 2.52 bits per heavy atom. The normalized spacial score (nSPS) is 17.3. The first kappa shape index (κ1) is 19.8. The van der Waals surface area contributed by atoms with Crippen molar-refractivity contribution in [1.29, 1.82) is 0 Å². The first-order chi connectivity index (χ1) is 11.9. The third-order valence-electron chi connectivity index (χ3n) is 4.47. The second kappa shape index (κ2) is 9.29. The van der Waals surface area contributed by atoms with Crippen LogP contribution >= 0.6 is 0 Å². The Hall–Kier alpha value is -1.47. The number of piperazine rings is 1. The molecule has 0 amide bonds. The van der Waals surface area contributed by atoms with Gasteiger partial charge in [0.1, 0.15) is 11.5 Å². The molecule has 1 aromatic rings. The van der Waals surface area contributed by atoms with Crippen LogP contribution in [0.3, 0.4) is 0 Å². The highest BCUT2D eigenvalue weighted by Gasteiger charge is 2.32. The van der Waals surface area contributed by atoms with Crippen LogP contribution in [0.5, 0.6) is 11.5 Å². The number of halogens is 3. The maximum absolute atomic E-state index is 12.6. The van der Waals surface area contributed by atoms with Crippen LogP contribution in [0.25, 0.3) is 0 Å². The third kappa shape index (κ3) is 6.08.